The molecule has 82 valence electrons. The summed E-state index contributed by atoms with van der Waals surface area (Å²) in [6.07, 6.45) is 1.74. The molecule has 1 heterocycles. The van der Waals surface area contributed by atoms with E-state index in [2.05, 4.69) is 4.74 Å². The number of aldehydes is 1. The van der Waals surface area contributed by atoms with Gasteiger partial charge in [-0.25, -0.2) is 0 Å². The van der Waals surface area contributed by atoms with Crippen molar-refractivity contribution in [2.75, 3.05) is 12.9 Å². The van der Waals surface area contributed by atoms with Gasteiger partial charge in [0.15, 0.2) is 6.29 Å². The van der Waals surface area contributed by atoms with E-state index in [0.29, 0.717) is 4.88 Å². The van der Waals surface area contributed by atoms with Gasteiger partial charge in [-0.15, -0.1) is 23.1 Å². The van der Waals surface area contributed by atoms with Gasteiger partial charge in [-0.2, -0.15) is 0 Å². The van der Waals surface area contributed by atoms with E-state index < -0.39 is 0 Å². The second kappa shape index (κ2) is 5.92. The molecule has 5 heteroatoms. The lowest BCUT2D eigenvalue weighted by atomic mass is 10.4. The number of thioether (sulfide) groups is 1. The summed E-state index contributed by atoms with van der Waals surface area (Å²) in [4.78, 5) is 24.4. The molecule has 0 aromatic carbocycles. The Morgan fingerprint density at radius 1 is 1.67 bits per heavy atom. The van der Waals surface area contributed by atoms with E-state index in [1.807, 2.05) is 13.0 Å². The number of methoxy groups -OCH3 is 1. The zero-order chi connectivity index (χ0) is 11.3. The first-order chi connectivity index (χ1) is 7.21. The van der Waals surface area contributed by atoms with Crippen LogP contribution >= 0.6 is 23.1 Å². The predicted molar refractivity (Wildman–Crippen MR) is 61.8 cm³/mol. The average Bonchev–Trinajstić information content (AvgIpc) is 2.68. The molecule has 0 spiro atoms. The SMILES string of the molecule is CCc1cc(SCC(=O)OC)c(C=O)s1. The van der Waals surface area contributed by atoms with Gasteiger partial charge in [0, 0.05) is 9.77 Å². The Kier molecular flexibility index (Phi) is 4.84. The number of thiophene rings is 1. The fourth-order valence-corrected chi connectivity index (χ4v) is 3.00. The van der Waals surface area contributed by atoms with Crippen molar-refractivity contribution in [3.8, 4) is 0 Å². The number of carbonyl (C=O) groups is 2. The molecule has 0 atom stereocenters. The van der Waals surface area contributed by atoms with E-state index in [4.69, 9.17) is 0 Å². The Labute approximate surface area is 96.8 Å². The zero-order valence-corrected chi connectivity index (χ0v) is 10.2. The Morgan fingerprint density at radius 2 is 2.40 bits per heavy atom. The van der Waals surface area contributed by atoms with Crippen molar-refractivity contribution in [3.05, 3.63) is 15.8 Å². The minimum atomic E-state index is -0.277. The van der Waals surface area contributed by atoms with Crippen LogP contribution in [-0.2, 0) is 16.0 Å². The van der Waals surface area contributed by atoms with Crippen LogP contribution in [0.25, 0.3) is 0 Å². The molecule has 3 nitrogen and oxygen atoms in total. The van der Waals surface area contributed by atoms with Gasteiger partial charge in [-0.3, -0.25) is 9.59 Å². The molecule has 0 bridgehead atoms. The summed E-state index contributed by atoms with van der Waals surface area (Å²) in [7, 11) is 1.36. The lowest BCUT2D eigenvalue weighted by Gasteiger charge is -1.97. The maximum Gasteiger partial charge on any atom is 0.315 e. The number of carbonyl (C=O) groups excluding carboxylic acids is 2. The topological polar surface area (TPSA) is 43.4 Å². The molecule has 0 saturated carbocycles. The first kappa shape index (κ1) is 12.3. The van der Waals surface area contributed by atoms with Crippen molar-refractivity contribution in [2.24, 2.45) is 0 Å². The van der Waals surface area contributed by atoms with Crippen LogP contribution in [0.2, 0.25) is 0 Å². The van der Waals surface area contributed by atoms with Crippen molar-refractivity contribution in [1.82, 2.24) is 0 Å². The third-order valence-electron chi connectivity index (χ3n) is 1.80. The minimum absolute atomic E-state index is 0.247. The highest BCUT2D eigenvalue weighted by molar-refractivity contribution is 8.00. The first-order valence-corrected chi connectivity index (χ1v) is 6.29. The van der Waals surface area contributed by atoms with Crippen LogP contribution in [0.5, 0.6) is 0 Å². The molecule has 1 aromatic rings. The van der Waals surface area contributed by atoms with Gasteiger partial charge in [0.2, 0.25) is 0 Å². The second-order valence-corrected chi connectivity index (χ2v) is 4.96. The molecule has 0 amide bonds. The zero-order valence-electron chi connectivity index (χ0n) is 8.61. The van der Waals surface area contributed by atoms with Gasteiger partial charge in [0.25, 0.3) is 0 Å². The second-order valence-electron chi connectivity index (χ2n) is 2.78. The molecule has 0 aliphatic rings. The summed E-state index contributed by atoms with van der Waals surface area (Å²) >= 11 is 2.82. The van der Waals surface area contributed by atoms with Crippen LogP contribution < -0.4 is 0 Å². The highest BCUT2D eigenvalue weighted by Crippen LogP contribution is 2.30. The summed E-state index contributed by atoms with van der Waals surface area (Å²) in [6.45, 7) is 2.04. The monoisotopic (exact) mass is 244 g/mol. The Morgan fingerprint density at radius 3 is 2.93 bits per heavy atom. The lowest BCUT2D eigenvalue weighted by molar-refractivity contribution is -0.137. The quantitative estimate of drug-likeness (QED) is 0.453. The molecule has 15 heavy (non-hydrogen) atoms. The number of hydrogen-bond acceptors (Lipinski definition) is 5. The lowest BCUT2D eigenvalue weighted by Crippen LogP contribution is -2.02. The number of ether oxygens (including phenoxy) is 1. The molecule has 0 radical (unpaired) electrons. The normalized spacial score (nSPS) is 10.0. The third kappa shape index (κ3) is 3.35. The first-order valence-electron chi connectivity index (χ1n) is 4.48. The molecule has 0 unspecified atom stereocenters. The van der Waals surface area contributed by atoms with E-state index in [1.165, 1.54) is 30.2 Å². The van der Waals surface area contributed by atoms with Gasteiger partial charge in [0.1, 0.15) is 0 Å². The van der Waals surface area contributed by atoms with Crippen LogP contribution in [0.4, 0.5) is 0 Å². The maximum absolute atomic E-state index is 10.9. The maximum atomic E-state index is 10.9. The predicted octanol–water partition coefficient (Wildman–Crippen LogP) is 2.39. The fraction of sp³-hybridized carbons (Fsp3) is 0.400. The average molecular weight is 244 g/mol. The molecule has 1 aromatic heterocycles. The van der Waals surface area contributed by atoms with Crippen LogP contribution in [0.1, 0.15) is 21.5 Å². The molecule has 0 fully saturated rings. The highest BCUT2D eigenvalue weighted by Gasteiger charge is 2.10. The van der Waals surface area contributed by atoms with E-state index in [-0.39, 0.29) is 11.7 Å². The largest absolute Gasteiger partial charge is 0.468 e. The van der Waals surface area contributed by atoms with E-state index >= 15 is 0 Å². The van der Waals surface area contributed by atoms with Crippen LogP contribution in [0, 0.1) is 0 Å². The van der Waals surface area contributed by atoms with Gasteiger partial charge in [-0.1, -0.05) is 6.92 Å². The van der Waals surface area contributed by atoms with Crippen molar-refractivity contribution >= 4 is 35.4 Å². The number of aryl methyl sites for hydroxylation is 1. The smallest absolute Gasteiger partial charge is 0.315 e. The Balaban J connectivity index is 2.70. The molecule has 0 saturated heterocycles. The number of rotatable bonds is 5. The van der Waals surface area contributed by atoms with Gasteiger partial charge in [-0.05, 0) is 12.5 Å². The molecular weight excluding hydrogens is 232 g/mol. The molecule has 0 aliphatic carbocycles. The molecule has 0 aliphatic heterocycles. The minimum Gasteiger partial charge on any atom is -0.468 e. The van der Waals surface area contributed by atoms with Crippen LogP contribution in [0.15, 0.2) is 11.0 Å². The summed E-state index contributed by atoms with van der Waals surface area (Å²) in [6, 6.07) is 1.96. The standard InChI is InChI=1S/C10H12O3S2/c1-3-7-4-8(9(5-11)15-7)14-6-10(12)13-2/h4-5H,3,6H2,1-2H3. The number of esters is 1. The Bertz CT molecular complexity index is 358. The van der Waals surface area contributed by atoms with E-state index in [0.717, 1.165) is 22.5 Å². The van der Waals surface area contributed by atoms with Crippen LogP contribution in [-0.4, -0.2) is 25.1 Å². The van der Waals surface area contributed by atoms with Gasteiger partial charge >= 0.3 is 5.97 Å². The van der Waals surface area contributed by atoms with Gasteiger partial charge in [0.05, 0.1) is 17.7 Å². The van der Waals surface area contributed by atoms with Gasteiger partial charge < -0.3 is 4.74 Å². The van der Waals surface area contributed by atoms with E-state index in [1.54, 1.807) is 0 Å². The fourth-order valence-electron chi connectivity index (χ4n) is 1.00. The summed E-state index contributed by atoms with van der Waals surface area (Å²) in [5.74, 6) is -0.0295. The highest BCUT2D eigenvalue weighted by atomic mass is 32.2. The van der Waals surface area contributed by atoms with Crippen LogP contribution in [0.3, 0.4) is 0 Å². The summed E-state index contributed by atoms with van der Waals surface area (Å²) < 4.78 is 4.53. The van der Waals surface area contributed by atoms with Crippen molar-refractivity contribution < 1.29 is 14.3 Å². The van der Waals surface area contributed by atoms with Crippen molar-refractivity contribution in [1.29, 1.82) is 0 Å². The summed E-state index contributed by atoms with van der Waals surface area (Å²) in [5.41, 5.74) is 0. The molecule has 0 N–H and O–H groups in total. The number of hydrogen-bond donors (Lipinski definition) is 0. The van der Waals surface area contributed by atoms with Crippen molar-refractivity contribution in [3.63, 3.8) is 0 Å². The van der Waals surface area contributed by atoms with E-state index in [9.17, 15) is 9.59 Å². The molecule has 1 rings (SSSR count). The Hall–Kier alpha value is -0.810. The van der Waals surface area contributed by atoms with Crippen molar-refractivity contribution in [2.45, 2.75) is 18.2 Å². The third-order valence-corrected chi connectivity index (χ3v) is 4.17. The summed E-state index contributed by atoms with van der Waals surface area (Å²) in [5, 5.41) is 0. The molecular formula is C10H12O3S2.